The number of rotatable bonds is 5. The van der Waals surface area contributed by atoms with E-state index in [1.54, 1.807) is 0 Å². The van der Waals surface area contributed by atoms with E-state index >= 15 is 0 Å². The highest BCUT2D eigenvalue weighted by atomic mass is 16.5. The average molecular weight is 279 g/mol. The summed E-state index contributed by atoms with van der Waals surface area (Å²) >= 11 is 0. The maximum Gasteiger partial charge on any atom is 0.119 e. The summed E-state index contributed by atoms with van der Waals surface area (Å²) in [5.74, 6) is 0.761. The second-order valence-electron chi connectivity index (χ2n) is 5.42. The first-order valence-corrected chi connectivity index (χ1v) is 7.27. The van der Waals surface area contributed by atoms with Gasteiger partial charge in [-0.2, -0.15) is 5.26 Å². The number of aryl methyl sites for hydroxylation is 3. The van der Waals surface area contributed by atoms with Crippen LogP contribution in [0.25, 0.3) is 0 Å². The fourth-order valence-corrected chi connectivity index (χ4v) is 2.37. The van der Waals surface area contributed by atoms with E-state index in [-0.39, 0.29) is 5.92 Å². The summed E-state index contributed by atoms with van der Waals surface area (Å²) in [7, 11) is 0. The fraction of sp³-hybridized carbons (Fsp3) is 0.316. The zero-order chi connectivity index (χ0) is 15.2. The summed E-state index contributed by atoms with van der Waals surface area (Å²) in [5.41, 5.74) is 4.75. The molecule has 2 heteroatoms. The predicted molar refractivity (Wildman–Crippen MR) is 85.6 cm³/mol. The SMILES string of the molecule is Cc1ccc(OCCC(C#N)c2ccccc2C)cc1C. The summed E-state index contributed by atoms with van der Waals surface area (Å²) in [6.45, 7) is 6.76. The molecule has 1 atom stereocenters. The Hall–Kier alpha value is -2.27. The fourth-order valence-electron chi connectivity index (χ4n) is 2.37. The molecule has 0 aliphatic carbocycles. The van der Waals surface area contributed by atoms with E-state index in [9.17, 15) is 5.26 Å². The van der Waals surface area contributed by atoms with E-state index < -0.39 is 0 Å². The Bertz CT molecular complexity index is 655. The first-order chi connectivity index (χ1) is 10.1. The molecule has 0 radical (unpaired) electrons. The van der Waals surface area contributed by atoms with Gasteiger partial charge in [0.1, 0.15) is 5.75 Å². The van der Waals surface area contributed by atoms with Gasteiger partial charge in [0.15, 0.2) is 0 Å². The molecule has 0 amide bonds. The Balaban J connectivity index is 1.97. The van der Waals surface area contributed by atoms with Crippen molar-refractivity contribution in [3.8, 4) is 11.8 Å². The van der Waals surface area contributed by atoms with Crippen LogP contribution in [0.15, 0.2) is 42.5 Å². The van der Waals surface area contributed by atoms with Gasteiger partial charge in [-0.3, -0.25) is 0 Å². The van der Waals surface area contributed by atoms with Crippen LogP contribution in [0.5, 0.6) is 5.75 Å². The molecule has 0 spiro atoms. The second kappa shape index (κ2) is 6.95. The van der Waals surface area contributed by atoms with Crippen LogP contribution in [-0.2, 0) is 0 Å². The highest BCUT2D eigenvalue weighted by molar-refractivity contribution is 5.34. The Morgan fingerprint density at radius 2 is 1.76 bits per heavy atom. The maximum absolute atomic E-state index is 9.38. The molecule has 0 N–H and O–H groups in total. The summed E-state index contributed by atoms with van der Waals surface area (Å²) < 4.78 is 5.78. The molecular weight excluding hydrogens is 258 g/mol. The molecular formula is C19H21NO. The van der Waals surface area contributed by atoms with Gasteiger partial charge in [0.05, 0.1) is 18.6 Å². The summed E-state index contributed by atoms with van der Waals surface area (Å²) in [6.07, 6.45) is 0.703. The van der Waals surface area contributed by atoms with Crippen LogP contribution in [0.3, 0.4) is 0 Å². The van der Waals surface area contributed by atoms with E-state index in [0.29, 0.717) is 13.0 Å². The van der Waals surface area contributed by atoms with Gasteiger partial charge in [0.25, 0.3) is 0 Å². The molecule has 0 heterocycles. The lowest BCUT2D eigenvalue weighted by Gasteiger charge is -2.13. The Morgan fingerprint density at radius 1 is 1.00 bits per heavy atom. The molecule has 2 aromatic rings. The molecule has 0 aliphatic heterocycles. The first-order valence-electron chi connectivity index (χ1n) is 7.27. The summed E-state index contributed by atoms with van der Waals surface area (Å²) in [4.78, 5) is 0. The normalized spacial score (nSPS) is 11.7. The third-order valence-corrected chi connectivity index (χ3v) is 3.87. The van der Waals surface area contributed by atoms with Crippen LogP contribution in [0.4, 0.5) is 0 Å². The lowest BCUT2D eigenvalue weighted by molar-refractivity contribution is 0.305. The highest BCUT2D eigenvalue weighted by Gasteiger charge is 2.12. The van der Waals surface area contributed by atoms with Gasteiger partial charge in [0, 0.05) is 6.42 Å². The standard InChI is InChI=1S/C19H21NO/c1-14-8-9-18(12-16(14)3)21-11-10-17(13-20)19-7-5-4-6-15(19)2/h4-9,12,17H,10-11H2,1-3H3. The quantitative estimate of drug-likeness (QED) is 0.795. The lowest BCUT2D eigenvalue weighted by Crippen LogP contribution is -2.06. The molecule has 2 nitrogen and oxygen atoms in total. The lowest BCUT2D eigenvalue weighted by atomic mass is 9.94. The van der Waals surface area contributed by atoms with Crippen molar-refractivity contribution < 1.29 is 4.74 Å². The third kappa shape index (κ3) is 3.86. The van der Waals surface area contributed by atoms with Gasteiger partial charge >= 0.3 is 0 Å². The van der Waals surface area contributed by atoms with E-state index in [1.807, 2.05) is 43.3 Å². The number of ether oxygens (including phenoxy) is 1. The summed E-state index contributed by atoms with van der Waals surface area (Å²) in [6, 6.07) is 16.5. The van der Waals surface area contributed by atoms with Crippen LogP contribution in [0, 0.1) is 32.1 Å². The van der Waals surface area contributed by atoms with Crippen molar-refractivity contribution in [2.24, 2.45) is 0 Å². The Labute approximate surface area is 127 Å². The van der Waals surface area contributed by atoms with E-state index in [0.717, 1.165) is 16.9 Å². The van der Waals surface area contributed by atoms with Gasteiger partial charge in [-0.25, -0.2) is 0 Å². The molecule has 1 unspecified atom stereocenters. The first kappa shape index (κ1) is 15.1. The van der Waals surface area contributed by atoms with Crippen molar-refractivity contribution in [3.05, 3.63) is 64.7 Å². The highest BCUT2D eigenvalue weighted by Crippen LogP contribution is 2.23. The Kier molecular flexibility index (Phi) is 5.00. The molecule has 0 bridgehead atoms. The van der Waals surface area contributed by atoms with Gasteiger partial charge in [-0.1, -0.05) is 30.3 Å². The van der Waals surface area contributed by atoms with E-state index in [1.165, 1.54) is 11.1 Å². The molecule has 2 aromatic carbocycles. The van der Waals surface area contributed by atoms with E-state index in [2.05, 4.69) is 26.0 Å². The molecule has 0 fully saturated rings. The van der Waals surface area contributed by atoms with Crippen molar-refractivity contribution in [2.75, 3.05) is 6.61 Å². The van der Waals surface area contributed by atoms with Gasteiger partial charge in [-0.15, -0.1) is 0 Å². The Morgan fingerprint density at radius 3 is 2.43 bits per heavy atom. The molecule has 0 saturated heterocycles. The van der Waals surface area contributed by atoms with E-state index in [4.69, 9.17) is 4.74 Å². The molecule has 21 heavy (non-hydrogen) atoms. The average Bonchev–Trinajstić information content (AvgIpc) is 2.48. The van der Waals surface area contributed by atoms with Crippen molar-refractivity contribution in [1.29, 1.82) is 5.26 Å². The zero-order valence-electron chi connectivity index (χ0n) is 12.9. The minimum atomic E-state index is -0.113. The smallest absolute Gasteiger partial charge is 0.119 e. The minimum Gasteiger partial charge on any atom is -0.494 e. The monoisotopic (exact) mass is 279 g/mol. The number of nitriles is 1. The predicted octanol–water partition coefficient (Wildman–Crippen LogP) is 4.69. The number of nitrogens with zero attached hydrogens (tertiary/aromatic N) is 1. The zero-order valence-corrected chi connectivity index (χ0v) is 12.9. The number of hydrogen-bond acceptors (Lipinski definition) is 2. The van der Waals surface area contributed by atoms with Crippen LogP contribution in [0.2, 0.25) is 0 Å². The topological polar surface area (TPSA) is 33.0 Å². The van der Waals surface area contributed by atoms with Crippen molar-refractivity contribution >= 4 is 0 Å². The molecule has 0 saturated carbocycles. The minimum absolute atomic E-state index is 0.113. The van der Waals surface area contributed by atoms with Crippen molar-refractivity contribution in [1.82, 2.24) is 0 Å². The molecule has 0 aromatic heterocycles. The third-order valence-electron chi connectivity index (χ3n) is 3.87. The molecule has 2 rings (SSSR count). The number of benzene rings is 2. The van der Waals surface area contributed by atoms with Crippen LogP contribution in [-0.4, -0.2) is 6.61 Å². The molecule has 0 aliphatic rings. The molecule has 108 valence electrons. The largest absolute Gasteiger partial charge is 0.494 e. The van der Waals surface area contributed by atoms with Gasteiger partial charge in [0.2, 0.25) is 0 Å². The maximum atomic E-state index is 9.38. The van der Waals surface area contributed by atoms with Crippen LogP contribution in [0.1, 0.15) is 34.6 Å². The van der Waals surface area contributed by atoms with Crippen LogP contribution >= 0.6 is 0 Å². The van der Waals surface area contributed by atoms with Crippen molar-refractivity contribution in [3.63, 3.8) is 0 Å². The van der Waals surface area contributed by atoms with Gasteiger partial charge in [-0.05, 0) is 55.2 Å². The van der Waals surface area contributed by atoms with Crippen LogP contribution < -0.4 is 4.74 Å². The summed E-state index contributed by atoms with van der Waals surface area (Å²) in [5, 5.41) is 9.38. The van der Waals surface area contributed by atoms with Crippen molar-refractivity contribution in [2.45, 2.75) is 33.1 Å². The number of hydrogen-bond donors (Lipinski definition) is 0. The van der Waals surface area contributed by atoms with Gasteiger partial charge < -0.3 is 4.74 Å². The second-order valence-corrected chi connectivity index (χ2v) is 5.42.